The Labute approximate surface area is 197 Å². The summed E-state index contributed by atoms with van der Waals surface area (Å²) in [6, 6.07) is 11.1. The molecule has 1 aliphatic carbocycles. The Hall–Kier alpha value is -1.66. The van der Waals surface area contributed by atoms with Crippen LogP contribution in [0.1, 0.15) is 85.8 Å². The second-order valence-corrected chi connectivity index (χ2v) is 12.7. The molecule has 32 heavy (non-hydrogen) atoms. The predicted octanol–water partition coefficient (Wildman–Crippen LogP) is 5.87. The van der Waals surface area contributed by atoms with E-state index in [1.54, 1.807) is 22.7 Å². The molecular weight excluding hydrogens is 436 g/mol. The number of anilines is 2. The van der Waals surface area contributed by atoms with Gasteiger partial charge in [-0.25, -0.2) is 0 Å². The molecule has 6 heterocycles. The van der Waals surface area contributed by atoms with Crippen LogP contribution in [0.15, 0.2) is 24.3 Å². The van der Waals surface area contributed by atoms with Crippen LogP contribution in [-0.2, 0) is 9.59 Å². The normalized spacial score (nSPS) is 36.1. The van der Waals surface area contributed by atoms with Gasteiger partial charge in [-0.3, -0.25) is 9.59 Å². The largest absolute Gasteiger partial charge is 0.357 e. The Balaban J connectivity index is 1.09. The third-order valence-corrected chi connectivity index (χ3v) is 11.2. The van der Waals surface area contributed by atoms with Gasteiger partial charge in [-0.2, -0.15) is 0 Å². The molecule has 4 unspecified atom stereocenters. The molecule has 0 amide bonds. The molecule has 5 aliphatic rings. The quantitative estimate of drug-likeness (QED) is 0.528. The minimum absolute atomic E-state index is 0.111. The highest BCUT2D eigenvalue weighted by atomic mass is 32.1. The first-order valence-electron chi connectivity index (χ1n) is 12.5. The maximum absolute atomic E-state index is 13.2. The highest BCUT2D eigenvalue weighted by molar-refractivity contribution is 7.17. The fraction of sp³-hybridized carbons (Fsp3) is 0.615. The number of ketones is 2. The highest BCUT2D eigenvalue weighted by Crippen LogP contribution is 2.50. The monoisotopic (exact) mass is 466 g/mol. The molecule has 4 aliphatic heterocycles. The standard InChI is InChI=1S/C26H30N2O2S2/c29-25-23(19-11-13-21(31-19)27-15-3-1-4-16(27)8-7-15)26(30)24(25)20-12-14-22(32-20)28-17-5-2-6-18(28)10-9-17/h11-18,23-24H,1-10H2. The van der Waals surface area contributed by atoms with Crippen molar-refractivity contribution in [3.8, 4) is 0 Å². The van der Waals surface area contributed by atoms with Crippen LogP contribution in [0.3, 0.4) is 0 Å². The third kappa shape index (κ3) is 2.84. The summed E-state index contributed by atoms with van der Waals surface area (Å²) in [6.07, 6.45) is 13.0. The van der Waals surface area contributed by atoms with Gasteiger partial charge in [0, 0.05) is 33.9 Å². The summed E-state index contributed by atoms with van der Waals surface area (Å²) >= 11 is 3.38. The Kier molecular flexibility index (Phi) is 4.59. The van der Waals surface area contributed by atoms with Crippen molar-refractivity contribution in [1.82, 2.24) is 0 Å². The van der Waals surface area contributed by atoms with Gasteiger partial charge in [0.1, 0.15) is 11.8 Å². The molecule has 0 N–H and O–H groups in total. The predicted molar refractivity (Wildman–Crippen MR) is 130 cm³/mol. The van der Waals surface area contributed by atoms with Crippen molar-refractivity contribution < 1.29 is 9.59 Å². The first kappa shape index (κ1) is 19.8. The van der Waals surface area contributed by atoms with Gasteiger partial charge in [0.2, 0.25) is 0 Å². The fourth-order valence-corrected chi connectivity index (χ4v) is 9.84. The van der Waals surface area contributed by atoms with E-state index >= 15 is 0 Å². The Morgan fingerprint density at radius 1 is 0.562 bits per heavy atom. The van der Waals surface area contributed by atoms with Crippen LogP contribution in [0.25, 0.3) is 0 Å². The molecule has 6 heteroatoms. The number of carbonyl (C=O) groups excluding carboxylic acids is 2. The lowest BCUT2D eigenvalue weighted by atomic mass is 9.70. The van der Waals surface area contributed by atoms with E-state index in [1.165, 1.54) is 74.2 Å². The van der Waals surface area contributed by atoms with E-state index in [2.05, 4.69) is 34.1 Å². The van der Waals surface area contributed by atoms with E-state index in [4.69, 9.17) is 0 Å². The highest BCUT2D eigenvalue weighted by Gasteiger charge is 2.52. The molecule has 4 atom stereocenters. The number of thiophene rings is 2. The molecule has 2 aromatic rings. The molecule has 2 aromatic heterocycles. The van der Waals surface area contributed by atoms with E-state index in [-0.39, 0.29) is 11.6 Å². The lowest BCUT2D eigenvalue weighted by Gasteiger charge is -2.36. The van der Waals surface area contributed by atoms with Gasteiger partial charge >= 0.3 is 0 Å². The maximum Gasteiger partial charge on any atom is 0.164 e. The zero-order valence-corrected chi connectivity index (χ0v) is 20.0. The summed E-state index contributed by atoms with van der Waals surface area (Å²) in [5, 5.41) is 2.55. The SMILES string of the molecule is O=C1C(c2ccc(N3C4CCCC3CC4)s2)C(=O)C1c1ccc(N2C3CCCC2CC3)s1. The van der Waals surface area contributed by atoms with E-state index in [0.29, 0.717) is 24.2 Å². The van der Waals surface area contributed by atoms with E-state index in [9.17, 15) is 9.59 Å². The lowest BCUT2D eigenvalue weighted by molar-refractivity contribution is -0.142. The molecule has 168 valence electrons. The first-order valence-corrected chi connectivity index (χ1v) is 14.2. The first-order chi connectivity index (χ1) is 15.7. The molecule has 4 nitrogen and oxygen atoms in total. The summed E-state index contributed by atoms with van der Waals surface area (Å²) in [5.74, 6) is -0.837. The van der Waals surface area contributed by atoms with Gasteiger partial charge < -0.3 is 9.80 Å². The van der Waals surface area contributed by atoms with Crippen LogP contribution in [-0.4, -0.2) is 35.7 Å². The molecular formula is C26H30N2O2S2. The zero-order valence-electron chi connectivity index (χ0n) is 18.4. The van der Waals surface area contributed by atoms with E-state index in [0.717, 1.165) is 9.75 Å². The van der Waals surface area contributed by atoms with Crippen molar-refractivity contribution in [3.05, 3.63) is 34.0 Å². The van der Waals surface area contributed by atoms with Crippen LogP contribution in [0, 0.1) is 0 Å². The molecule has 0 spiro atoms. The number of piperidine rings is 2. The van der Waals surface area contributed by atoms with Gasteiger partial charge in [-0.15, -0.1) is 22.7 Å². The minimum atomic E-state index is -0.530. The smallest absolute Gasteiger partial charge is 0.164 e. The van der Waals surface area contributed by atoms with Crippen LogP contribution in [0.4, 0.5) is 10.0 Å². The number of hydrogen-bond donors (Lipinski definition) is 0. The second-order valence-electron chi connectivity index (χ2n) is 10.5. The average Bonchev–Trinajstić information content (AvgIpc) is 3.54. The number of carbonyl (C=O) groups is 2. The topological polar surface area (TPSA) is 40.6 Å². The molecule has 1 saturated carbocycles. The summed E-state index contributed by atoms with van der Waals surface area (Å²) < 4.78 is 0. The summed E-state index contributed by atoms with van der Waals surface area (Å²) in [4.78, 5) is 33.5. The molecule has 0 radical (unpaired) electrons. The van der Waals surface area contributed by atoms with Gasteiger partial charge in [-0.05, 0) is 88.5 Å². The number of rotatable bonds is 4. The van der Waals surface area contributed by atoms with Crippen LogP contribution in [0.5, 0.6) is 0 Å². The number of hydrogen-bond acceptors (Lipinski definition) is 6. The zero-order chi connectivity index (χ0) is 21.4. The fourth-order valence-electron chi connectivity index (χ4n) is 7.30. The van der Waals surface area contributed by atoms with Crippen molar-refractivity contribution in [1.29, 1.82) is 0 Å². The van der Waals surface area contributed by atoms with E-state index < -0.39 is 11.8 Å². The third-order valence-electron chi connectivity index (χ3n) is 8.83. The van der Waals surface area contributed by atoms with Crippen LogP contribution < -0.4 is 9.80 Å². The van der Waals surface area contributed by atoms with Gasteiger partial charge in [0.05, 0.1) is 10.0 Å². The molecule has 4 saturated heterocycles. The van der Waals surface area contributed by atoms with Gasteiger partial charge in [0.25, 0.3) is 0 Å². The summed E-state index contributed by atoms with van der Waals surface area (Å²) in [5.41, 5.74) is 0. The second kappa shape index (κ2) is 7.42. The minimum Gasteiger partial charge on any atom is -0.357 e. The average molecular weight is 467 g/mol. The Bertz CT molecular complexity index is 945. The van der Waals surface area contributed by atoms with Crippen molar-refractivity contribution in [3.63, 3.8) is 0 Å². The molecule has 4 bridgehead atoms. The van der Waals surface area contributed by atoms with Crippen LogP contribution >= 0.6 is 22.7 Å². The van der Waals surface area contributed by atoms with Crippen molar-refractivity contribution in [2.45, 2.75) is 100 Å². The van der Waals surface area contributed by atoms with Gasteiger partial charge in [0.15, 0.2) is 11.6 Å². The summed E-state index contributed by atoms with van der Waals surface area (Å²) in [7, 11) is 0. The number of nitrogens with zero attached hydrogens (tertiary/aromatic N) is 2. The van der Waals surface area contributed by atoms with Crippen molar-refractivity contribution in [2.24, 2.45) is 0 Å². The van der Waals surface area contributed by atoms with E-state index in [1.807, 2.05) is 0 Å². The number of Topliss-reactive ketones (excluding diaryl/α,β-unsaturated/α-hetero) is 2. The molecule has 5 fully saturated rings. The molecule has 0 aromatic carbocycles. The Morgan fingerprint density at radius 2 is 0.938 bits per heavy atom. The van der Waals surface area contributed by atoms with Crippen molar-refractivity contribution >= 4 is 44.2 Å². The molecule has 7 rings (SSSR count). The summed E-state index contributed by atoms with van der Waals surface area (Å²) in [6.45, 7) is 0. The maximum atomic E-state index is 13.2. The van der Waals surface area contributed by atoms with Crippen LogP contribution in [0.2, 0.25) is 0 Å². The Morgan fingerprint density at radius 3 is 1.31 bits per heavy atom. The van der Waals surface area contributed by atoms with Crippen molar-refractivity contribution in [2.75, 3.05) is 9.80 Å². The number of fused-ring (bicyclic) bond motifs is 4. The van der Waals surface area contributed by atoms with Gasteiger partial charge in [-0.1, -0.05) is 0 Å². The lowest BCUT2D eigenvalue weighted by Crippen LogP contribution is -2.43.